The molecule has 0 aromatic rings. The first-order valence-electron chi connectivity index (χ1n) is 19.5. The highest BCUT2D eigenvalue weighted by molar-refractivity contribution is 6.07. The number of likely N-dealkylation sites (tertiary alicyclic amines) is 1. The predicted octanol–water partition coefficient (Wildman–Crippen LogP) is 7.94. The lowest BCUT2D eigenvalue weighted by atomic mass is 9.33. The summed E-state index contributed by atoms with van der Waals surface area (Å²) in [6.07, 6.45) is 9.71. The van der Waals surface area contributed by atoms with Crippen molar-refractivity contribution in [2.75, 3.05) is 13.1 Å². The maximum Gasteiger partial charge on any atom is 0.410 e. The standard InChI is InChI=1S/C41H64N2O5/c1-24(2)32-28(44)21-41(34(46)43-25-11-12-26(43)23-42(22-25)35(47)48-36(3,4)5)20-19-39(9)27(33(32)41)13-14-30-38(8)17-16-31(45)37(6,7)29(38)15-18-40(30,39)10/h24-27,29-31,45H,11-23H2,1-10H3/t25?,26?,27-,29+,30-,31+,38+,39-,40-,41-/m1/s1. The summed E-state index contributed by atoms with van der Waals surface area (Å²) >= 11 is 0. The van der Waals surface area contributed by atoms with Crippen molar-refractivity contribution in [1.82, 2.24) is 9.80 Å². The van der Waals surface area contributed by atoms with Crippen molar-refractivity contribution in [3.63, 3.8) is 0 Å². The Hall–Kier alpha value is -1.89. The number of hydrogen-bond acceptors (Lipinski definition) is 5. The number of aliphatic hydroxyl groups excluding tert-OH is 1. The van der Waals surface area contributed by atoms with Gasteiger partial charge in [0.15, 0.2) is 5.78 Å². The molecule has 7 nitrogen and oxygen atoms in total. The molecule has 48 heavy (non-hydrogen) atoms. The third-order valence-corrected chi connectivity index (χ3v) is 16.2. The van der Waals surface area contributed by atoms with Crippen LogP contribution in [0.5, 0.6) is 0 Å². The van der Waals surface area contributed by atoms with Gasteiger partial charge in [0.05, 0.1) is 11.5 Å². The third kappa shape index (κ3) is 4.56. The van der Waals surface area contributed by atoms with Crippen molar-refractivity contribution in [2.24, 2.45) is 50.7 Å². The number of nitrogens with zero attached hydrogens (tertiary/aromatic N) is 2. The second-order valence-corrected chi connectivity index (χ2v) is 20.1. The van der Waals surface area contributed by atoms with Gasteiger partial charge >= 0.3 is 6.09 Å². The quantitative estimate of drug-likeness (QED) is 0.324. The van der Waals surface area contributed by atoms with Crippen LogP contribution in [0.2, 0.25) is 0 Å². The summed E-state index contributed by atoms with van der Waals surface area (Å²) in [6, 6.07) is -0.0567. The predicted molar refractivity (Wildman–Crippen MR) is 187 cm³/mol. The minimum absolute atomic E-state index is 0.00235. The molecule has 2 saturated heterocycles. The second kappa shape index (κ2) is 10.8. The van der Waals surface area contributed by atoms with E-state index >= 15 is 4.79 Å². The van der Waals surface area contributed by atoms with Crippen LogP contribution >= 0.6 is 0 Å². The van der Waals surface area contributed by atoms with Crippen LogP contribution in [0.4, 0.5) is 4.79 Å². The Morgan fingerprint density at radius 2 is 1.48 bits per heavy atom. The van der Waals surface area contributed by atoms with E-state index in [1.54, 1.807) is 0 Å². The Morgan fingerprint density at radius 1 is 0.833 bits per heavy atom. The van der Waals surface area contributed by atoms with Crippen LogP contribution in [0.15, 0.2) is 11.1 Å². The molecule has 0 radical (unpaired) electrons. The lowest BCUT2D eigenvalue weighted by Gasteiger charge is -2.72. The van der Waals surface area contributed by atoms with E-state index in [2.05, 4.69) is 53.4 Å². The Kier molecular flexibility index (Phi) is 7.78. The fraction of sp³-hybridized carbons (Fsp3) is 0.878. The maximum atomic E-state index is 15.3. The smallest absolute Gasteiger partial charge is 0.410 e. The molecule has 268 valence electrons. The van der Waals surface area contributed by atoms with Crippen molar-refractivity contribution in [2.45, 2.75) is 164 Å². The monoisotopic (exact) mass is 664 g/mol. The van der Waals surface area contributed by atoms with E-state index in [4.69, 9.17) is 4.74 Å². The lowest BCUT2D eigenvalue weighted by Crippen LogP contribution is -2.66. The zero-order valence-electron chi connectivity index (χ0n) is 31.7. The van der Waals surface area contributed by atoms with E-state index in [0.717, 1.165) is 69.8 Å². The molecule has 10 atom stereocenters. The number of amides is 2. The van der Waals surface area contributed by atoms with Gasteiger partial charge in [-0.05, 0) is 141 Å². The fourth-order valence-electron chi connectivity index (χ4n) is 13.8. The number of allylic oxidation sites excluding steroid dienone is 1. The summed E-state index contributed by atoms with van der Waals surface area (Å²) in [7, 11) is 0. The van der Waals surface area contributed by atoms with Crippen LogP contribution in [0, 0.1) is 50.7 Å². The normalized spacial score (nSPS) is 45.0. The third-order valence-electron chi connectivity index (χ3n) is 16.2. The molecule has 4 saturated carbocycles. The molecule has 2 amide bonds. The minimum Gasteiger partial charge on any atom is -0.444 e. The first kappa shape index (κ1) is 34.6. The summed E-state index contributed by atoms with van der Waals surface area (Å²) in [5.74, 6) is 1.75. The van der Waals surface area contributed by atoms with E-state index in [9.17, 15) is 14.7 Å². The van der Waals surface area contributed by atoms with Crippen molar-refractivity contribution >= 4 is 17.8 Å². The molecule has 0 aromatic carbocycles. The highest BCUT2D eigenvalue weighted by Crippen LogP contribution is 2.76. The molecule has 2 bridgehead atoms. The van der Waals surface area contributed by atoms with Gasteiger partial charge in [-0.1, -0.05) is 48.5 Å². The van der Waals surface area contributed by atoms with E-state index in [1.807, 2.05) is 25.7 Å². The number of Topliss-reactive ketones (excluding diaryl/α,β-unsaturated/α-hetero) is 1. The summed E-state index contributed by atoms with van der Waals surface area (Å²) < 4.78 is 5.73. The number of hydrogen-bond donors (Lipinski definition) is 1. The van der Waals surface area contributed by atoms with Gasteiger partial charge in [-0.2, -0.15) is 0 Å². The van der Waals surface area contributed by atoms with E-state index < -0.39 is 11.0 Å². The molecule has 5 aliphatic carbocycles. The van der Waals surface area contributed by atoms with E-state index in [0.29, 0.717) is 31.3 Å². The number of ether oxygens (including phenoxy) is 1. The number of ketones is 1. The van der Waals surface area contributed by atoms with Gasteiger partial charge in [0, 0.05) is 31.6 Å². The molecule has 7 rings (SSSR count). The van der Waals surface area contributed by atoms with Gasteiger partial charge in [0.1, 0.15) is 5.60 Å². The molecule has 2 aliphatic heterocycles. The van der Waals surface area contributed by atoms with Gasteiger partial charge in [-0.15, -0.1) is 0 Å². The Balaban J connectivity index is 1.23. The van der Waals surface area contributed by atoms with Crippen molar-refractivity contribution in [3.8, 4) is 0 Å². The van der Waals surface area contributed by atoms with E-state index in [1.165, 1.54) is 5.57 Å². The molecular formula is C41H64N2O5. The topological polar surface area (TPSA) is 87.2 Å². The first-order chi connectivity index (χ1) is 22.2. The zero-order valence-corrected chi connectivity index (χ0v) is 31.7. The van der Waals surface area contributed by atoms with Gasteiger partial charge in [0.25, 0.3) is 0 Å². The van der Waals surface area contributed by atoms with Crippen molar-refractivity contribution < 1.29 is 24.2 Å². The van der Waals surface area contributed by atoms with Crippen molar-refractivity contribution in [3.05, 3.63) is 11.1 Å². The molecular weight excluding hydrogens is 600 g/mol. The van der Waals surface area contributed by atoms with Gasteiger partial charge in [0.2, 0.25) is 5.91 Å². The van der Waals surface area contributed by atoms with E-state index in [-0.39, 0.29) is 69.5 Å². The maximum absolute atomic E-state index is 15.3. The van der Waals surface area contributed by atoms with Crippen LogP contribution in [-0.4, -0.2) is 69.6 Å². The molecule has 6 fully saturated rings. The zero-order chi connectivity index (χ0) is 35.0. The Bertz CT molecular complexity index is 1410. The fourth-order valence-corrected chi connectivity index (χ4v) is 13.8. The highest BCUT2D eigenvalue weighted by Gasteiger charge is 2.71. The SMILES string of the molecule is CC(C)C1=C2[C@H]3CC[C@@H]4[C@@]5(C)CC[C@H](O)C(C)(C)[C@@H]5CC[C@@]4(C)[C@]3(C)CC[C@@]2(C(=O)N2C3CCC2CN(C(=O)OC(C)(C)C)C3)CC1=O. The molecule has 2 heterocycles. The minimum atomic E-state index is -0.753. The molecule has 0 spiro atoms. The van der Waals surface area contributed by atoms with Crippen molar-refractivity contribution in [1.29, 1.82) is 0 Å². The highest BCUT2D eigenvalue weighted by atomic mass is 16.6. The summed E-state index contributed by atoms with van der Waals surface area (Å²) in [4.78, 5) is 46.5. The molecule has 0 aromatic heterocycles. The Morgan fingerprint density at radius 3 is 2.08 bits per heavy atom. The van der Waals surface area contributed by atoms with Gasteiger partial charge < -0.3 is 19.6 Å². The second-order valence-electron chi connectivity index (χ2n) is 20.1. The molecule has 7 heteroatoms. The number of aliphatic hydroxyl groups is 1. The van der Waals surface area contributed by atoms with Crippen LogP contribution in [-0.2, 0) is 14.3 Å². The summed E-state index contributed by atoms with van der Waals surface area (Å²) in [6.45, 7) is 23.3. The number of carbonyl (C=O) groups is 3. The summed E-state index contributed by atoms with van der Waals surface area (Å²) in [5, 5.41) is 11.1. The Labute approximate surface area is 290 Å². The number of fused-ring (bicyclic) bond motifs is 9. The van der Waals surface area contributed by atoms with Crippen LogP contribution in [0.25, 0.3) is 0 Å². The number of carbonyl (C=O) groups excluding carboxylic acids is 3. The summed E-state index contributed by atoms with van der Waals surface area (Å²) in [5.41, 5.74) is 1.08. The van der Waals surface area contributed by atoms with Gasteiger partial charge in [-0.25, -0.2) is 4.79 Å². The molecule has 1 N–H and O–H groups in total. The number of piperazine rings is 1. The molecule has 7 aliphatic rings. The molecule has 2 unspecified atom stereocenters. The lowest BCUT2D eigenvalue weighted by molar-refractivity contribution is -0.228. The number of rotatable bonds is 2. The van der Waals surface area contributed by atoms with Crippen LogP contribution < -0.4 is 0 Å². The van der Waals surface area contributed by atoms with Gasteiger partial charge in [-0.3, -0.25) is 9.59 Å². The average Bonchev–Trinajstić information content (AvgIpc) is 3.43. The van der Waals surface area contributed by atoms with Crippen LogP contribution in [0.3, 0.4) is 0 Å². The largest absolute Gasteiger partial charge is 0.444 e. The average molecular weight is 665 g/mol. The first-order valence-corrected chi connectivity index (χ1v) is 19.5. The van der Waals surface area contributed by atoms with Crippen LogP contribution in [0.1, 0.15) is 140 Å².